The number of nitriles is 1. The number of anilines is 1. The Morgan fingerprint density at radius 3 is 2.89 bits per heavy atom. The number of carbonyl (C=O) groups excluding carboxylic acids is 1. The van der Waals surface area contributed by atoms with Crippen molar-refractivity contribution in [2.24, 2.45) is 0 Å². The predicted octanol–water partition coefficient (Wildman–Crippen LogP) is 3.89. The fraction of sp³-hybridized carbons (Fsp3) is 0.429. The molecule has 0 atom stereocenters. The highest BCUT2D eigenvalue weighted by atomic mass is 32.1. The van der Waals surface area contributed by atoms with Crippen LogP contribution in [-0.4, -0.2) is 31.5 Å². The Morgan fingerprint density at radius 2 is 2.15 bits per heavy atom. The number of benzene rings is 1. The van der Waals surface area contributed by atoms with Gasteiger partial charge in [-0.05, 0) is 51.3 Å². The number of thiophene rings is 1. The molecule has 1 heterocycles. The van der Waals surface area contributed by atoms with Crippen LogP contribution in [0.2, 0.25) is 0 Å². The number of nitrogens with one attached hydrogen (secondary N) is 1. The summed E-state index contributed by atoms with van der Waals surface area (Å²) in [6, 6.07) is 8.33. The summed E-state index contributed by atoms with van der Waals surface area (Å²) in [7, 11) is 3.56. The molecule has 0 radical (unpaired) electrons. The molecule has 6 heteroatoms. The lowest BCUT2D eigenvalue weighted by Crippen LogP contribution is -2.30. The van der Waals surface area contributed by atoms with Crippen molar-refractivity contribution >= 4 is 22.2 Å². The monoisotopic (exact) mass is 383 g/mol. The highest BCUT2D eigenvalue weighted by molar-refractivity contribution is 7.16. The van der Waals surface area contributed by atoms with Gasteiger partial charge in [-0.2, -0.15) is 5.26 Å². The molecule has 1 N–H and O–H groups in total. The van der Waals surface area contributed by atoms with Crippen molar-refractivity contribution in [3.05, 3.63) is 45.3 Å². The second-order valence-corrected chi connectivity index (χ2v) is 8.17. The SMILES string of the molecule is COc1ccc(C)cc1CN(C)CC(=O)Nc1sc2c(c1C#N)CCCC2. The molecule has 1 aliphatic carbocycles. The quantitative estimate of drug-likeness (QED) is 0.822. The van der Waals surface area contributed by atoms with Crippen LogP contribution in [0.1, 0.15) is 40.0 Å². The second kappa shape index (κ2) is 8.55. The largest absolute Gasteiger partial charge is 0.496 e. The molecule has 1 amide bonds. The number of rotatable bonds is 6. The predicted molar refractivity (Wildman–Crippen MR) is 108 cm³/mol. The fourth-order valence-corrected chi connectivity index (χ4v) is 4.82. The first-order valence-electron chi connectivity index (χ1n) is 9.18. The van der Waals surface area contributed by atoms with Gasteiger partial charge < -0.3 is 10.1 Å². The number of methoxy groups -OCH3 is 1. The van der Waals surface area contributed by atoms with E-state index in [2.05, 4.69) is 17.5 Å². The van der Waals surface area contributed by atoms with Gasteiger partial charge in [-0.3, -0.25) is 9.69 Å². The summed E-state index contributed by atoms with van der Waals surface area (Å²) in [6.45, 7) is 2.91. The number of amides is 1. The topological polar surface area (TPSA) is 65.4 Å². The van der Waals surface area contributed by atoms with Crippen LogP contribution in [0.5, 0.6) is 5.75 Å². The number of ether oxygens (including phenoxy) is 1. The van der Waals surface area contributed by atoms with E-state index in [9.17, 15) is 10.1 Å². The molecule has 0 aliphatic heterocycles. The van der Waals surface area contributed by atoms with E-state index in [-0.39, 0.29) is 12.5 Å². The summed E-state index contributed by atoms with van der Waals surface area (Å²) in [4.78, 5) is 15.7. The lowest BCUT2D eigenvalue weighted by molar-refractivity contribution is -0.117. The maximum Gasteiger partial charge on any atom is 0.239 e. The second-order valence-electron chi connectivity index (χ2n) is 7.06. The van der Waals surface area contributed by atoms with Crippen LogP contribution in [0, 0.1) is 18.3 Å². The van der Waals surface area contributed by atoms with Crippen LogP contribution in [0.25, 0.3) is 0 Å². The number of nitrogens with zero attached hydrogens (tertiary/aromatic N) is 2. The van der Waals surface area contributed by atoms with E-state index in [0.717, 1.165) is 48.1 Å². The summed E-state index contributed by atoms with van der Waals surface area (Å²) in [5.74, 6) is 0.727. The highest BCUT2D eigenvalue weighted by Crippen LogP contribution is 2.37. The molecule has 3 rings (SSSR count). The molecule has 1 aromatic carbocycles. The van der Waals surface area contributed by atoms with E-state index in [1.165, 1.54) is 4.88 Å². The first-order valence-corrected chi connectivity index (χ1v) is 10.00. The number of hydrogen-bond acceptors (Lipinski definition) is 5. The van der Waals surface area contributed by atoms with E-state index in [0.29, 0.717) is 17.1 Å². The molecule has 5 nitrogen and oxygen atoms in total. The fourth-order valence-electron chi connectivity index (χ4n) is 3.56. The van der Waals surface area contributed by atoms with Gasteiger partial charge in [0.05, 0.1) is 19.2 Å². The Balaban J connectivity index is 1.65. The van der Waals surface area contributed by atoms with Gasteiger partial charge in [-0.25, -0.2) is 0 Å². The average Bonchev–Trinajstić information content (AvgIpc) is 2.98. The molecule has 1 aliphatic rings. The maximum atomic E-state index is 12.5. The minimum Gasteiger partial charge on any atom is -0.496 e. The lowest BCUT2D eigenvalue weighted by atomic mass is 9.96. The Hall–Kier alpha value is -2.36. The average molecular weight is 384 g/mol. The Bertz CT molecular complexity index is 882. The van der Waals surface area contributed by atoms with Crippen molar-refractivity contribution in [3.8, 4) is 11.8 Å². The van der Waals surface area contributed by atoms with Crippen LogP contribution in [0.3, 0.4) is 0 Å². The number of fused-ring (bicyclic) bond motifs is 1. The van der Waals surface area contributed by atoms with Crippen molar-refractivity contribution in [3.63, 3.8) is 0 Å². The van der Waals surface area contributed by atoms with Crippen LogP contribution >= 0.6 is 11.3 Å². The van der Waals surface area contributed by atoms with Crippen molar-refractivity contribution < 1.29 is 9.53 Å². The van der Waals surface area contributed by atoms with Gasteiger partial charge in [0.1, 0.15) is 16.8 Å². The zero-order valence-electron chi connectivity index (χ0n) is 16.1. The first-order chi connectivity index (χ1) is 13.0. The summed E-state index contributed by atoms with van der Waals surface area (Å²) in [5, 5.41) is 13.2. The van der Waals surface area contributed by atoms with Gasteiger partial charge in [0.15, 0.2) is 0 Å². The van der Waals surface area contributed by atoms with E-state index < -0.39 is 0 Å². The van der Waals surface area contributed by atoms with Gasteiger partial charge in [0, 0.05) is 17.0 Å². The summed E-state index contributed by atoms with van der Waals surface area (Å²) in [6.07, 6.45) is 4.23. The standard InChI is InChI=1S/C21H25N3O2S/c1-14-8-9-18(26-3)15(10-14)12-24(2)13-20(25)23-21-17(11-22)16-6-4-5-7-19(16)27-21/h8-10H,4-7,12-13H2,1-3H3,(H,23,25). The van der Waals surface area contributed by atoms with E-state index in [4.69, 9.17) is 4.74 Å². The molecule has 1 aromatic heterocycles. The Labute approximate surface area is 164 Å². The van der Waals surface area contributed by atoms with Gasteiger partial charge in [-0.15, -0.1) is 11.3 Å². The molecular weight excluding hydrogens is 358 g/mol. The van der Waals surface area contributed by atoms with Crippen molar-refractivity contribution in [1.29, 1.82) is 5.26 Å². The van der Waals surface area contributed by atoms with Crippen LogP contribution in [0.15, 0.2) is 18.2 Å². The third-order valence-electron chi connectivity index (χ3n) is 4.83. The van der Waals surface area contributed by atoms with E-state index in [1.807, 2.05) is 31.0 Å². The summed E-state index contributed by atoms with van der Waals surface area (Å²) >= 11 is 1.56. The Kier molecular flexibility index (Phi) is 6.15. The van der Waals surface area contributed by atoms with E-state index in [1.54, 1.807) is 18.4 Å². The van der Waals surface area contributed by atoms with Gasteiger partial charge in [-0.1, -0.05) is 17.7 Å². The third-order valence-corrected chi connectivity index (χ3v) is 6.03. The maximum absolute atomic E-state index is 12.5. The van der Waals surface area contributed by atoms with Crippen molar-refractivity contribution in [1.82, 2.24) is 4.90 Å². The summed E-state index contributed by atoms with van der Waals surface area (Å²) in [5.41, 5.74) is 4.01. The number of hydrogen-bond donors (Lipinski definition) is 1. The number of carbonyl (C=O) groups is 1. The number of likely N-dealkylation sites (N-methyl/N-ethyl adjacent to an activating group) is 1. The Morgan fingerprint density at radius 1 is 1.37 bits per heavy atom. The molecule has 0 saturated heterocycles. The van der Waals surface area contributed by atoms with Crippen molar-refractivity contribution in [2.75, 3.05) is 26.0 Å². The molecule has 2 aromatic rings. The number of aryl methyl sites for hydroxylation is 2. The van der Waals surface area contributed by atoms with Crippen LogP contribution in [-0.2, 0) is 24.2 Å². The smallest absolute Gasteiger partial charge is 0.239 e. The van der Waals surface area contributed by atoms with Crippen molar-refractivity contribution in [2.45, 2.75) is 39.2 Å². The molecule has 0 bridgehead atoms. The normalized spacial score (nSPS) is 13.1. The summed E-state index contributed by atoms with van der Waals surface area (Å²) < 4.78 is 5.42. The van der Waals surface area contributed by atoms with Crippen LogP contribution < -0.4 is 10.1 Å². The highest BCUT2D eigenvalue weighted by Gasteiger charge is 2.22. The molecule has 0 unspecified atom stereocenters. The molecule has 27 heavy (non-hydrogen) atoms. The zero-order valence-corrected chi connectivity index (χ0v) is 16.9. The minimum absolute atomic E-state index is 0.0979. The van der Waals surface area contributed by atoms with Gasteiger partial charge >= 0.3 is 0 Å². The van der Waals surface area contributed by atoms with Gasteiger partial charge in [0.2, 0.25) is 5.91 Å². The van der Waals surface area contributed by atoms with E-state index >= 15 is 0 Å². The third kappa shape index (κ3) is 4.49. The molecule has 0 fully saturated rings. The molecule has 0 saturated carbocycles. The molecular formula is C21H25N3O2S. The molecule has 142 valence electrons. The van der Waals surface area contributed by atoms with Crippen LogP contribution in [0.4, 0.5) is 5.00 Å². The molecule has 0 spiro atoms. The minimum atomic E-state index is -0.0979. The first kappa shape index (κ1) is 19.4. The zero-order chi connectivity index (χ0) is 19.4. The lowest BCUT2D eigenvalue weighted by Gasteiger charge is -2.18. The van der Waals surface area contributed by atoms with Gasteiger partial charge in [0.25, 0.3) is 0 Å².